The van der Waals surface area contributed by atoms with Crippen LogP contribution in [0.4, 0.5) is 0 Å². The summed E-state index contributed by atoms with van der Waals surface area (Å²) < 4.78 is 8.82. The maximum absolute atomic E-state index is 6.49. The van der Waals surface area contributed by atoms with Gasteiger partial charge >= 0.3 is 0 Å². The van der Waals surface area contributed by atoms with E-state index in [0.29, 0.717) is 5.58 Å². The van der Waals surface area contributed by atoms with Gasteiger partial charge in [-0.3, -0.25) is 9.97 Å². The second kappa shape index (κ2) is 16.8. The van der Waals surface area contributed by atoms with Crippen molar-refractivity contribution in [2.24, 2.45) is 0 Å². The van der Waals surface area contributed by atoms with Crippen molar-refractivity contribution < 1.29 is 24.5 Å². The summed E-state index contributed by atoms with van der Waals surface area (Å²) in [6.45, 7) is 18.2. The molecule has 5 aromatic carbocycles. The van der Waals surface area contributed by atoms with Crippen LogP contribution in [0.1, 0.15) is 56.2 Å². The normalized spacial score (nSPS) is 11.6. The van der Waals surface area contributed by atoms with Crippen LogP contribution in [0.2, 0.25) is 19.6 Å². The molecule has 0 aliphatic rings. The molecule has 4 heterocycles. The number of imidazole rings is 1. The van der Waals surface area contributed by atoms with Crippen LogP contribution in [0, 0.1) is 19.1 Å². The quantitative estimate of drug-likeness (QED) is 0.118. The molecule has 9 aromatic rings. The Morgan fingerprint density at radius 2 is 1.41 bits per heavy atom. The molecule has 0 unspecified atom stereocenters. The van der Waals surface area contributed by atoms with E-state index in [1.165, 1.54) is 33.1 Å². The molecule has 0 bridgehead atoms. The third-order valence-corrected chi connectivity index (χ3v) is 12.7. The Morgan fingerprint density at radius 1 is 0.707 bits per heavy atom. The summed E-state index contributed by atoms with van der Waals surface area (Å²) >= 11 is 0. The van der Waals surface area contributed by atoms with Crippen LogP contribution < -0.4 is 5.19 Å². The number of furan rings is 1. The summed E-state index contributed by atoms with van der Waals surface area (Å²) in [5.74, 6) is 1.39. The van der Waals surface area contributed by atoms with Crippen molar-refractivity contribution in [2.45, 2.75) is 66.1 Å². The molecule has 0 N–H and O–H groups in total. The fraction of sp³-hybridized carbons (Fsp3) is 0.196. The van der Waals surface area contributed by atoms with E-state index in [0.717, 1.165) is 55.7 Å². The number of nitrogens with zero attached hydrogens (tertiary/aromatic N) is 4. The van der Waals surface area contributed by atoms with Gasteiger partial charge in [-0.05, 0) is 94.0 Å². The molecule has 0 saturated carbocycles. The second-order valence-corrected chi connectivity index (χ2v) is 21.5. The van der Waals surface area contributed by atoms with Crippen LogP contribution in [0.5, 0.6) is 0 Å². The van der Waals surface area contributed by atoms with E-state index in [1.54, 1.807) is 6.20 Å². The third-order valence-electron chi connectivity index (χ3n) is 10.7. The van der Waals surface area contributed by atoms with E-state index < -0.39 is 8.07 Å². The average molecular weight is 953 g/mol. The summed E-state index contributed by atoms with van der Waals surface area (Å²) in [5, 5.41) is 2.44. The first-order chi connectivity index (χ1) is 27.5. The number of benzene rings is 5. The maximum atomic E-state index is 6.49. The number of rotatable bonds is 7. The van der Waals surface area contributed by atoms with Crippen LogP contribution in [-0.2, 0) is 20.1 Å². The molecule has 1 radical (unpaired) electrons. The number of aryl methyl sites for hydroxylation is 1. The molecule has 293 valence electrons. The van der Waals surface area contributed by atoms with Crippen LogP contribution in [0.25, 0.3) is 72.6 Å². The first-order valence-electron chi connectivity index (χ1n) is 19.8. The maximum Gasteiger partial charge on any atom is 0.119 e. The van der Waals surface area contributed by atoms with Gasteiger partial charge in [0.15, 0.2) is 0 Å². The van der Waals surface area contributed by atoms with Gasteiger partial charge in [-0.2, -0.15) is 0 Å². The number of fused-ring (bicyclic) bond motifs is 4. The zero-order valence-electron chi connectivity index (χ0n) is 34.4. The van der Waals surface area contributed by atoms with Crippen molar-refractivity contribution in [1.82, 2.24) is 19.5 Å². The molecule has 7 heteroatoms. The van der Waals surface area contributed by atoms with Gasteiger partial charge in [0.2, 0.25) is 0 Å². The number of hydrogen-bond acceptors (Lipinski definition) is 4. The molecular weight excluding hydrogens is 905 g/mol. The first-order valence-corrected chi connectivity index (χ1v) is 23.3. The molecule has 0 aliphatic carbocycles. The van der Waals surface area contributed by atoms with Crippen molar-refractivity contribution in [3.63, 3.8) is 0 Å². The van der Waals surface area contributed by atoms with Gasteiger partial charge in [0.1, 0.15) is 5.58 Å². The van der Waals surface area contributed by atoms with Crippen molar-refractivity contribution >= 4 is 46.4 Å². The molecule has 5 nitrogen and oxygen atoms in total. The van der Waals surface area contributed by atoms with E-state index in [4.69, 9.17) is 14.4 Å². The van der Waals surface area contributed by atoms with Gasteiger partial charge in [-0.1, -0.05) is 114 Å². The molecule has 4 aromatic heterocycles. The van der Waals surface area contributed by atoms with Crippen molar-refractivity contribution in [3.05, 3.63) is 163 Å². The largest absolute Gasteiger partial charge is 0.513 e. The van der Waals surface area contributed by atoms with Gasteiger partial charge in [0.25, 0.3) is 0 Å². The molecule has 0 saturated heterocycles. The second-order valence-electron chi connectivity index (χ2n) is 16.4. The summed E-state index contributed by atoms with van der Waals surface area (Å²) in [4.78, 5) is 14.5. The summed E-state index contributed by atoms with van der Waals surface area (Å²) in [7, 11) is -1.23. The fourth-order valence-electron chi connectivity index (χ4n) is 7.57. The minimum atomic E-state index is -1.23. The fourth-order valence-corrected chi connectivity index (χ4v) is 8.61. The number of hydrogen-bond donors (Lipinski definition) is 0. The molecule has 58 heavy (non-hydrogen) atoms. The Balaban J connectivity index is 0.000000254. The number of para-hydroxylation sites is 2. The standard InChI is InChI=1S/C37H32N3O.C14H16NSi.Ir/c1-22(2)28-20-26(25-13-7-6-8-14-25)21-29(23(3)4)35(28)40-31-16-10-9-15-30(31)39-37(40)27-18-19-38-34-33-24(5)12-11-17-32(33)41-36(27)34;1-16(2,3)13-9-10-14(15-11-13)12-7-5-4-6-8-12;/h6-17,19-23H,1-5H3;4-7,9-11H,1-3H3;/q2*-1;. The van der Waals surface area contributed by atoms with E-state index in [1.807, 2.05) is 48.7 Å². The first kappa shape index (κ1) is 40.7. The smallest absolute Gasteiger partial charge is 0.119 e. The molecular formula is C51H48IrN4OSi-2. The Morgan fingerprint density at radius 3 is 2.07 bits per heavy atom. The number of pyridine rings is 2. The molecule has 0 aliphatic heterocycles. The van der Waals surface area contributed by atoms with Crippen LogP contribution >= 0.6 is 0 Å². The van der Waals surface area contributed by atoms with Gasteiger partial charge in [0.05, 0.1) is 30.2 Å². The Kier molecular flexibility index (Phi) is 11.8. The van der Waals surface area contributed by atoms with E-state index in [-0.39, 0.29) is 31.9 Å². The molecule has 0 amide bonds. The monoisotopic (exact) mass is 953 g/mol. The molecule has 9 rings (SSSR count). The predicted molar refractivity (Wildman–Crippen MR) is 240 cm³/mol. The van der Waals surface area contributed by atoms with Crippen LogP contribution in [0.15, 0.2) is 138 Å². The van der Waals surface area contributed by atoms with E-state index >= 15 is 0 Å². The SMILES string of the molecule is C[Si](C)(C)c1ccc(-c2[c-]cccc2)nc1.Cc1cccc2oc3c(-c4nc5ccccc5n4-c4c(C(C)C)cc(-c5ccccc5)cc4C(C)C)[c-]cnc3c12.[Ir]. The number of aromatic nitrogens is 4. The summed E-state index contributed by atoms with van der Waals surface area (Å²) in [6.07, 6.45) is 3.77. The minimum absolute atomic E-state index is 0. The average Bonchev–Trinajstić information content (AvgIpc) is 3.80. The van der Waals surface area contributed by atoms with Crippen molar-refractivity contribution in [2.75, 3.05) is 0 Å². The molecule has 0 atom stereocenters. The van der Waals surface area contributed by atoms with E-state index in [2.05, 4.69) is 155 Å². The molecule has 0 fully saturated rings. The minimum Gasteiger partial charge on any atom is -0.513 e. The van der Waals surface area contributed by atoms with Crippen molar-refractivity contribution in [3.8, 4) is 39.5 Å². The Bertz CT molecular complexity index is 2810. The summed E-state index contributed by atoms with van der Waals surface area (Å²) in [5.41, 5.74) is 14.6. The van der Waals surface area contributed by atoms with E-state index in [9.17, 15) is 0 Å². The predicted octanol–water partition coefficient (Wildman–Crippen LogP) is 13.1. The Labute approximate surface area is 356 Å². The van der Waals surface area contributed by atoms with Gasteiger partial charge in [-0.15, -0.1) is 47.5 Å². The third kappa shape index (κ3) is 7.87. The zero-order chi connectivity index (χ0) is 39.8. The van der Waals surface area contributed by atoms with Gasteiger partial charge < -0.3 is 14.0 Å². The summed E-state index contributed by atoms with van der Waals surface area (Å²) in [6, 6.07) is 48.7. The van der Waals surface area contributed by atoms with Crippen LogP contribution in [0.3, 0.4) is 0 Å². The van der Waals surface area contributed by atoms with Gasteiger partial charge in [-0.25, -0.2) is 0 Å². The van der Waals surface area contributed by atoms with Crippen LogP contribution in [-0.4, -0.2) is 27.6 Å². The topological polar surface area (TPSA) is 56.7 Å². The van der Waals surface area contributed by atoms with Gasteiger partial charge in [0, 0.05) is 43.2 Å². The zero-order valence-corrected chi connectivity index (χ0v) is 37.8. The Hall–Kier alpha value is -5.46. The van der Waals surface area contributed by atoms with Crippen molar-refractivity contribution in [1.29, 1.82) is 0 Å². The molecule has 0 spiro atoms.